The Balaban J connectivity index is 1.91. The van der Waals surface area contributed by atoms with Gasteiger partial charge >= 0.3 is 0 Å². The first-order chi connectivity index (χ1) is 11.4. The highest BCUT2D eigenvalue weighted by atomic mass is 127. The molecule has 1 heterocycles. The van der Waals surface area contributed by atoms with Gasteiger partial charge in [0.1, 0.15) is 11.5 Å². The molecule has 0 fully saturated rings. The first-order valence-corrected chi connectivity index (χ1v) is 8.90. The summed E-state index contributed by atoms with van der Waals surface area (Å²) in [5, 5.41) is 3.92. The molecule has 0 atom stereocenters. The van der Waals surface area contributed by atoms with Gasteiger partial charge in [0.25, 0.3) is 5.91 Å². The number of furan rings is 1. The van der Waals surface area contributed by atoms with E-state index in [0.29, 0.717) is 27.1 Å². The Labute approximate surface area is 163 Å². The van der Waals surface area contributed by atoms with E-state index in [-0.39, 0.29) is 5.91 Å². The first-order valence-electron chi connectivity index (χ1n) is 7.07. The SMILES string of the molecule is Cc1oc(-c2cc(Cl)cc(Cl)c2)cc1C(=O)Nc1ccccc1I. The minimum atomic E-state index is -0.222. The van der Waals surface area contributed by atoms with Crippen LogP contribution < -0.4 is 5.32 Å². The number of para-hydroxylation sites is 1. The summed E-state index contributed by atoms with van der Waals surface area (Å²) in [5.74, 6) is 0.856. The van der Waals surface area contributed by atoms with Crippen LogP contribution in [0.2, 0.25) is 10.0 Å². The quantitative estimate of drug-likeness (QED) is 0.448. The standard InChI is InChI=1S/C18H12Cl2INO2/c1-10-14(18(23)22-16-5-3-2-4-15(16)21)9-17(24-10)11-6-12(19)8-13(20)7-11/h2-9H,1H3,(H,22,23). The summed E-state index contributed by atoms with van der Waals surface area (Å²) in [4.78, 5) is 12.5. The van der Waals surface area contributed by atoms with Crippen LogP contribution in [0.15, 0.2) is 52.9 Å². The highest BCUT2D eigenvalue weighted by Gasteiger charge is 2.17. The number of anilines is 1. The number of hydrogen-bond donors (Lipinski definition) is 1. The number of hydrogen-bond acceptors (Lipinski definition) is 2. The van der Waals surface area contributed by atoms with Gasteiger partial charge < -0.3 is 9.73 Å². The fraction of sp³-hybridized carbons (Fsp3) is 0.0556. The summed E-state index contributed by atoms with van der Waals surface area (Å²) >= 11 is 14.2. The minimum Gasteiger partial charge on any atom is -0.461 e. The molecule has 3 aromatic rings. The van der Waals surface area contributed by atoms with Crippen molar-refractivity contribution in [1.29, 1.82) is 0 Å². The van der Waals surface area contributed by atoms with E-state index in [0.717, 1.165) is 14.8 Å². The maximum absolute atomic E-state index is 12.5. The van der Waals surface area contributed by atoms with Crippen LogP contribution in [0.5, 0.6) is 0 Å². The molecular weight excluding hydrogens is 460 g/mol. The summed E-state index contributed by atoms with van der Waals surface area (Å²) in [5.41, 5.74) is 1.96. The van der Waals surface area contributed by atoms with Crippen molar-refractivity contribution in [3.63, 3.8) is 0 Å². The number of benzene rings is 2. The summed E-state index contributed by atoms with van der Waals surface area (Å²) in [6.07, 6.45) is 0. The zero-order valence-corrected chi connectivity index (χ0v) is 16.2. The average Bonchev–Trinajstić information content (AvgIpc) is 2.91. The first kappa shape index (κ1) is 17.3. The number of carbonyl (C=O) groups is 1. The molecule has 24 heavy (non-hydrogen) atoms. The number of nitrogens with one attached hydrogen (secondary N) is 1. The Hall–Kier alpha value is -1.50. The van der Waals surface area contributed by atoms with Crippen molar-refractivity contribution in [3.8, 4) is 11.3 Å². The van der Waals surface area contributed by atoms with E-state index in [1.54, 1.807) is 31.2 Å². The third-order valence-electron chi connectivity index (χ3n) is 3.43. The molecule has 0 aliphatic heterocycles. The molecule has 2 aromatic carbocycles. The third-order valence-corrected chi connectivity index (χ3v) is 4.81. The molecule has 0 radical (unpaired) electrons. The zero-order chi connectivity index (χ0) is 17.3. The fourth-order valence-corrected chi connectivity index (χ4v) is 3.35. The van der Waals surface area contributed by atoms with Gasteiger partial charge in [-0.05, 0) is 65.9 Å². The van der Waals surface area contributed by atoms with E-state index >= 15 is 0 Å². The Bertz CT molecular complexity index is 901. The van der Waals surface area contributed by atoms with E-state index in [9.17, 15) is 4.79 Å². The van der Waals surface area contributed by atoms with Crippen LogP contribution >= 0.6 is 45.8 Å². The zero-order valence-electron chi connectivity index (χ0n) is 12.6. The van der Waals surface area contributed by atoms with Gasteiger partial charge in [-0.15, -0.1) is 0 Å². The Morgan fingerprint density at radius 2 is 1.75 bits per heavy atom. The van der Waals surface area contributed by atoms with Crippen molar-refractivity contribution < 1.29 is 9.21 Å². The molecule has 0 aliphatic carbocycles. The Morgan fingerprint density at radius 3 is 2.42 bits per heavy atom. The van der Waals surface area contributed by atoms with Gasteiger partial charge in [-0.25, -0.2) is 0 Å². The van der Waals surface area contributed by atoms with Gasteiger partial charge in [0.15, 0.2) is 0 Å². The topological polar surface area (TPSA) is 42.2 Å². The van der Waals surface area contributed by atoms with Gasteiger partial charge in [0.05, 0.1) is 11.3 Å². The lowest BCUT2D eigenvalue weighted by Gasteiger charge is -2.05. The average molecular weight is 472 g/mol. The lowest BCUT2D eigenvalue weighted by Crippen LogP contribution is -2.12. The van der Waals surface area contributed by atoms with E-state index in [1.807, 2.05) is 24.3 Å². The second-order valence-corrected chi connectivity index (χ2v) is 7.21. The van der Waals surface area contributed by atoms with E-state index in [4.69, 9.17) is 27.6 Å². The number of rotatable bonds is 3. The number of halogens is 3. The third kappa shape index (κ3) is 3.77. The van der Waals surface area contributed by atoms with Gasteiger partial charge in [-0.2, -0.15) is 0 Å². The van der Waals surface area contributed by atoms with Crippen LogP contribution in [-0.2, 0) is 0 Å². The van der Waals surface area contributed by atoms with Crippen molar-refractivity contribution in [3.05, 3.63) is 73.5 Å². The summed E-state index contributed by atoms with van der Waals surface area (Å²) in [7, 11) is 0. The smallest absolute Gasteiger partial charge is 0.259 e. The molecule has 6 heteroatoms. The van der Waals surface area contributed by atoms with Crippen LogP contribution in [0, 0.1) is 10.5 Å². The molecular formula is C18H12Cl2INO2. The lowest BCUT2D eigenvalue weighted by atomic mass is 10.1. The second-order valence-electron chi connectivity index (χ2n) is 5.17. The lowest BCUT2D eigenvalue weighted by molar-refractivity contribution is 0.102. The number of amides is 1. The van der Waals surface area contributed by atoms with Crippen molar-refractivity contribution in [2.24, 2.45) is 0 Å². The van der Waals surface area contributed by atoms with Crippen LogP contribution in [0.1, 0.15) is 16.1 Å². The maximum atomic E-state index is 12.5. The van der Waals surface area contributed by atoms with Crippen molar-refractivity contribution in [2.75, 3.05) is 5.32 Å². The second kappa shape index (κ2) is 7.17. The van der Waals surface area contributed by atoms with Gasteiger partial charge in [-0.1, -0.05) is 35.3 Å². The highest BCUT2D eigenvalue weighted by molar-refractivity contribution is 14.1. The highest BCUT2D eigenvalue weighted by Crippen LogP contribution is 2.30. The van der Waals surface area contributed by atoms with Gasteiger partial charge in [-0.3, -0.25) is 4.79 Å². The van der Waals surface area contributed by atoms with Crippen LogP contribution in [0.4, 0.5) is 5.69 Å². The Morgan fingerprint density at radius 1 is 1.08 bits per heavy atom. The summed E-state index contributed by atoms with van der Waals surface area (Å²) in [6, 6.07) is 14.4. The van der Waals surface area contributed by atoms with Gasteiger partial charge in [0.2, 0.25) is 0 Å². The molecule has 1 amide bonds. The van der Waals surface area contributed by atoms with Crippen molar-refractivity contribution in [1.82, 2.24) is 0 Å². The minimum absolute atomic E-state index is 0.222. The van der Waals surface area contributed by atoms with Crippen LogP contribution in [0.3, 0.4) is 0 Å². The Kier molecular flexibility index (Phi) is 5.18. The molecule has 122 valence electrons. The normalized spacial score (nSPS) is 10.7. The molecule has 0 bridgehead atoms. The van der Waals surface area contributed by atoms with Crippen LogP contribution in [0.25, 0.3) is 11.3 Å². The molecule has 0 spiro atoms. The molecule has 3 nitrogen and oxygen atoms in total. The van der Waals surface area contributed by atoms with E-state index in [1.165, 1.54) is 0 Å². The molecule has 1 aromatic heterocycles. The van der Waals surface area contributed by atoms with E-state index < -0.39 is 0 Å². The maximum Gasteiger partial charge on any atom is 0.259 e. The molecule has 3 rings (SSSR count). The fourth-order valence-electron chi connectivity index (χ4n) is 2.30. The molecule has 0 unspecified atom stereocenters. The molecule has 1 N–H and O–H groups in total. The number of carbonyl (C=O) groups excluding carboxylic acids is 1. The molecule has 0 aliphatic rings. The van der Waals surface area contributed by atoms with Gasteiger partial charge in [0, 0.05) is 19.2 Å². The predicted molar refractivity (Wildman–Crippen MR) is 106 cm³/mol. The molecule has 0 saturated carbocycles. The predicted octanol–water partition coefficient (Wildman–Crippen LogP) is 6.42. The summed E-state index contributed by atoms with van der Waals surface area (Å²) < 4.78 is 6.68. The van der Waals surface area contributed by atoms with Crippen molar-refractivity contribution >= 4 is 57.4 Å². The summed E-state index contributed by atoms with van der Waals surface area (Å²) in [6.45, 7) is 1.75. The van der Waals surface area contributed by atoms with Crippen LogP contribution in [-0.4, -0.2) is 5.91 Å². The number of aryl methyl sites for hydroxylation is 1. The van der Waals surface area contributed by atoms with Crippen molar-refractivity contribution in [2.45, 2.75) is 6.92 Å². The monoisotopic (exact) mass is 471 g/mol. The van der Waals surface area contributed by atoms with E-state index in [2.05, 4.69) is 27.9 Å². The largest absolute Gasteiger partial charge is 0.461 e. The molecule has 0 saturated heterocycles.